The molecule has 0 spiro atoms. The Morgan fingerprint density at radius 1 is 0.424 bits per heavy atom. The van der Waals surface area contributed by atoms with E-state index < -0.39 is 0 Å². The summed E-state index contributed by atoms with van der Waals surface area (Å²) in [6, 6.07) is 20.4. The first-order valence-corrected chi connectivity index (χ1v) is 9.51. The normalized spacial score (nSPS) is 9.82. The van der Waals surface area contributed by atoms with E-state index in [-0.39, 0.29) is 0 Å². The zero-order valence-corrected chi connectivity index (χ0v) is 16.8. The van der Waals surface area contributed by atoms with Gasteiger partial charge in [-0.15, -0.1) is 0 Å². The first kappa shape index (κ1) is 21.1. The van der Waals surface area contributed by atoms with Crippen LogP contribution in [0, 0.1) is 0 Å². The average Bonchev–Trinajstić information content (AvgIpc) is 2.86. The van der Waals surface area contributed by atoms with Gasteiger partial charge in [0.15, 0.2) is 17.5 Å². The SMILES string of the molecule is O=C=Nc1ccc(-c2nc(-c3ccc(N=C=O)cc3)nc(-c3ccc(N=C=O)cc3)n2)cc1. The molecule has 0 bridgehead atoms. The van der Waals surface area contributed by atoms with Crippen molar-refractivity contribution in [3.8, 4) is 34.2 Å². The van der Waals surface area contributed by atoms with Gasteiger partial charge in [0.25, 0.3) is 0 Å². The number of benzene rings is 3. The number of hydrogen-bond donors (Lipinski definition) is 0. The summed E-state index contributed by atoms with van der Waals surface area (Å²) in [5, 5.41) is 0. The second-order valence-corrected chi connectivity index (χ2v) is 6.56. The van der Waals surface area contributed by atoms with Crippen molar-refractivity contribution >= 4 is 35.3 Å². The van der Waals surface area contributed by atoms with Crippen LogP contribution in [0.4, 0.5) is 17.1 Å². The van der Waals surface area contributed by atoms with Gasteiger partial charge >= 0.3 is 0 Å². The molecule has 0 saturated heterocycles. The molecule has 0 aliphatic rings. The molecule has 3 aromatic carbocycles. The van der Waals surface area contributed by atoms with Crippen molar-refractivity contribution in [2.45, 2.75) is 0 Å². The fraction of sp³-hybridized carbons (Fsp3) is 0. The second-order valence-electron chi connectivity index (χ2n) is 6.56. The summed E-state index contributed by atoms with van der Waals surface area (Å²) in [5.41, 5.74) is 3.44. The van der Waals surface area contributed by atoms with Gasteiger partial charge in [-0.25, -0.2) is 29.3 Å². The van der Waals surface area contributed by atoms with Crippen LogP contribution in [0.15, 0.2) is 87.8 Å². The Morgan fingerprint density at radius 3 is 0.879 bits per heavy atom. The summed E-state index contributed by atoms with van der Waals surface area (Å²) < 4.78 is 0. The van der Waals surface area contributed by atoms with Gasteiger partial charge in [-0.05, 0) is 72.8 Å². The lowest BCUT2D eigenvalue weighted by Gasteiger charge is -2.08. The highest BCUT2D eigenvalue weighted by molar-refractivity contribution is 5.69. The third kappa shape index (κ3) is 4.94. The van der Waals surface area contributed by atoms with Crippen LogP contribution in [0.25, 0.3) is 34.2 Å². The summed E-state index contributed by atoms with van der Waals surface area (Å²) in [4.78, 5) is 56.0. The number of aromatic nitrogens is 3. The van der Waals surface area contributed by atoms with Crippen LogP contribution in [0.3, 0.4) is 0 Å². The smallest absolute Gasteiger partial charge is 0.211 e. The fourth-order valence-electron chi connectivity index (χ4n) is 2.98. The van der Waals surface area contributed by atoms with Crippen LogP contribution in [0.1, 0.15) is 0 Å². The molecule has 0 aliphatic heterocycles. The molecule has 1 heterocycles. The maximum absolute atomic E-state index is 10.5. The Hall–Kier alpha value is -5.19. The molecule has 9 heteroatoms. The molecule has 0 atom stereocenters. The van der Waals surface area contributed by atoms with Gasteiger partial charge < -0.3 is 0 Å². The molecule has 0 radical (unpaired) electrons. The summed E-state index contributed by atoms with van der Waals surface area (Å²) in [6.07, 6.45) is 4.51. The maximum Gasteiger partial charge on any atom is 0.240 e. The van der Waals surface area contributed by atoms with Crippen LogP contribution in [0.5, 0.6) is 0 Å². The van der Waals surface area contributed by atoms with Gasteiger partial charge in [-0.3, -0.25) is 0 Å². The van der Waals surface area contributed by atoms with E-state index >= 15 is 0 Å². The van der Waals surface area contributed by atoms with Crippen molar-refractivity contribution in [2.24, 2.45) is 15.0 Å². The highest BCUT2D eigenvalue weighted by Crippen LogP contribution is 2.27. The largest absolute Gasteiger partial charge is 0.240 e. The van der Waals surface area contributed by atoms with Crippen LogP contribution in [-0.2, 0) is 14.4 Å². The lowest BCUT2D eigenvalue weighted by molar-refractivity contribution is 0.564. The van der Waals surface area contributed by atoms with Crippen molar-refractivity contribution in [3.05, 3.63) is 72.8 Å². The summed E-state index contributed by atoms with van der Waals surface area (Å²) in [6.45, 7) is 0. The Labute approximate surface area is 187 Å². The first-order valence-electron chi connectivity index (χ1n) is 9.51. The standard InChI is InChI=1S/C24H12N6O3/c31-13-25-19-7-1-16(2-8-19)22-28-23(17-3-9-20(10-4-17)26-14-32)30-24(29-22)18-5-11-21(12-6-18)27-15-33/h1-12H. The highest BCUT2D eigenvalue weighted by atomic mass is 16.1. The molecular formula is C24H12N6O3. The van der Waals surface area contributed by atoms with Gasteiger partial charge in [-0.2, -0.15) is 15.0 Å². The quantitative estimate of drug-likeness (QED) is 0.319. The molecule has 4 rings (SSSR count). The molecule has 156 valence electrons. The monoisotopic (exact) mass is 432 g/mol. The van der Waals surface area contributed by atoms with Crippen LogP contribution in [0.2, 0.25) is 0 Å². The predicted octanol–water partition coefficient (Wildman–Crippen LogP) is 4.77. The Morgan fingerprint density at radius 2 is 0.667 bits per heavy atom. The van der Waals surface area contributed by atoms with Crippen molar-refractivity contribution in [1.82, 2.24) is 15.0 Å². The molecular weight excluding hydrogens is 420 g/mol. The molecule has 0 aliphatic carbocycles. The van der Waals surface area contributed by atoms with E-state index in [1.54, 1.807) is 72.8 Å². The molecule has 0 N–H and O–H groups in total. The summed E-state index contributed by atoms with van der Waals surface area (Å²) in [5.74, 6) is 1.21. The minimum absolute atomic E-state index is 0.404. The topological polar surface area (TPSA) is 127 Å². The number of aliphatic imine (C=N–C) groups is 3. The maximum atomic E-state index is 10.5. The minimum atomic E-state index is 0.404. The minimum Gasteiger partial charge on any atom is -0.211 e. The molecule has 0 unspecified atom stereocenters. The number of hydrogen-bond acceptors (Lipinski definition) is 9. The van der Waals surface area contributed by atoms with Crippen molar-refractivity contribution in [3.63, 3.8) is 0 Å². The van der Waals surface area contributed by atoms with Crippen LogP contribution < -0.4 is 0 Å². The number of carbonyl (C=O) groups excluding carboxylic acids is 3. The third-order valence-electron chi connectivity index (χ3n) is 4.54. The predicted molar refractivity (Wildman–Crippen MR) is 119 cm³/mol. The van der Waals surface area contributed by atoms with E-state index in [9.17, 15) is 14.4 Å². The number of nitrogens with zero attached hydrogens (tertiary/aromatic N) is 6. The third-order valence-corrected chi connectivity index (χ3v) is 4.54. The number of isocyanates is 3. The zero-order chi connectivity index (χ0) is 23.0. The number of rotatable bonds is 6. The van der Waals surface area contributed by atoms with Crippen molar-refractivity contribution in [2.75, 3.05) is 0 Å². The van der Waals surface area contributed by atoms with E-state index in [2.05, 4.69) is 29.9 Å². The van der Waals surface area contributed by atoms with Gasteiger partial charge in [0.1, 0.15) is 0 Å². The van der Waals surface area contributed by atoms with E-state index in [4.69, 9.17) is 0 Å². The molecule has 4 aromatic rings. The summed E-state index contributed by atoms with van der Waals surface area (Å²) >= 11 is 0. The van der Waals surface area contributed by atoms with Gasteiger partial charge in [0, 0.05) is 16.7 Å². The van der Waals surface area contributed by atoms with Gasteiger partial charge in [0.2, 0.25) is 18.2 Å². The molecule has 0 amide bonds. The van der Waals surface area contributed by atoms with E-state index in [0.717, 1.165) is 0 Å². The van der Waals surface area contributed by atoms with Crippen molar-refractivity contribution < 1.29 is 14.4 Å². The van der Waals surface area contributed by atoms with Crippen LogP contribution >= 0.6 is 0 Å². The molecule has 1 aromatic heterocycles. The average molecular weight is 432 g/mol. The van der Waals surface area contributed by atoms with Gasteiger partial charge in [-0.1, -0.05) is 0 Å². The first-order chi connectivity index (χ1) is 16.2. The van der Waals surface area contributed by atoms with E-state index in [0.29, 0.717) is 51.2 Å². The van der Waals surface area contributed by atoms with E-state index in [1.165, 1.54) is 18.2 Å². The molecule has 0 fully saturated rings. The van der Waals surface area contributed by atoms with Gasteiger partial charge in [0.05, 0.1) is 17.1 Å². The molecule has 0 saturated carbocycles. The van der Waals surface area contributed by atoms with E-state index in [1.807, 2.05) is 0 Å². The lowest BCUT2D eigenvalue weighted by atomic mass is 10.1. The summed E-state index contributed by atoms with van der Waals surface area (Å²) in [7, 11) is 0. The Balaban J connectivity index is 1.83. The highest BCUT2D eigenvalue weighted by Gasteiger charge is 2.12. The zero-order valence-electron chi connectivity index (χ0n) is 16.8. The fourth-order valence-corrected chi connectivity index (χ4v) is 2.98. The van der Waals surface area contributed by atoms with Crippen molar-refractivity contribution in [1.29, 1.82) is 0 Å². The Kier molecular flexibility index (Phi) is 6.22. The Bertz CT molecular complexity index is 1250. The second kappa shape index (κ2) is 9.75. The lowest BCUT2D eigenvalue weighted by Crippen LogP contribution is -2.00. The van der Waals surface area contributed by atoms with Crippen LogP contribution in [-0.4, -0.2) is 33.2 Å². The molecule has 33 heavy (non-hydrogen) atoms. The molecule has 9 nitrogen and oxygen atoms in total.